The van der Waals surface area contributed by atoms with Gasteiger partial charge in [-0.1, -0.05) is 0 Å². The zero-order chi connectivity index (χ0) is 13.0. The lowest BCUT2D eigenvalue weighted by Gasteiger charge is -2.18. The summed E-state index contributed by atoms with van der Waals surface area (Å²) in [6.07, 6.45) is 5.35. The van der Waals surface area contributed by atoms with Crippen molar-refractivity contribution in [1.29, 1.82) is 5.26 Å². The van der Waals surface area contributed by atoms with Crippen molar-refractivity contribution in [3.05, 3.63) is 53.3 Å². The minimum absolute atomic E-state index is 0.119. The van der Waals surface area contributed by atoms with Crippen molar-refractivity contribution >= 4 is 0 Å². The van der Waals surface area contributed by atoms with Crippen molar-refractivity contribution in [2.45, 2.75) is 25.9 Å². The maximum atomic E-state index is 12.8. The molecule has 3 nitrogen and oxygen atoms in total. The van der Waals surface area contributed by atoms with E-state index in [1.807, 2.05) is 13.0 Å². The number of aromatic nitrogens is 1. The molecule has 0 spiro atoms. The summed E-state index contributed by atoms with van der Waals surface area (Å²) in [6, 6.07) is 5.49. The van der Waals surface area contributed by atoms with Crippen molar-refractivity contribution in [2.24, 2.45) is 0 Å². The first-order valence-corrected chi connectivity index (χ1v) is 5.77. The molecule has 1 unspecified atom stereocenters. The molecule has 0 radical (unpaired) electrons. The predicted molar refractivity (Wildman–Crippen MR) is 65.0 cm³/mol. The third-order valence-corrected chi connectivity index (χ3v) is 2.72. The average molecular weight is 244 g/mol. The Bertz CT molecular complexity index is 526. The van der Waals surface area contributed by atoms with Crippen LogP contribution >= 0.6 is 0 Å². The van der Waals surface area contributed by atoms with Gasteiger partial charge in [0.05, 0.1) is 17.0 Å². The summed E-state index contributed by atoms with van der Waals surface area (Å²) in [5.41, 5.74) is 1.28. The van der Waals surface area contributed by atoms with Gasteiger partial charge in [0.25, 0.3) is 0 Å². The van der Waals surface area contributed by atoms with Crippen molar-refractivity contribution in [2.75, 3.05) is 0 Å². The van der Waals surface area contributed by atoms with Crippen LogP contribution in [0.2, 0.25) is 0 Å². The second kappa shape index (κ2) is 5.46. The Balaban J connectivity index is 2.03. The number of halogens is 1. The Morgan fingerprint density at radius 2 is 2.22 bits per heavy atom. The van der Waals surface area contributed by atoms with Crippen LogP contribution < -0.4 is 0 Å². The number of ether oxygens (including phenoxy) is 1. The normalized spacial score (nSPS) is 16.3. The lowest BCUT2D eigenvalue weighted by atomic mass is 10.1. The molecule has 0 aliphatic heterocycles. The van der Waals surface area contributed by atoms with E-state index < -0.39 is 0 Å². The fraction of sp³-hybridized carbons (Fsp3) is 0.286. The molecule has 92 valence electrons. The van der Waals surface area contributed by atoms with E-state index in [1.54, 1.807) is 18.2 Å². The highest BCUT2D eigenvalue weighted by molar-refractivity contribution is 5.27. The van der Waals surface area contributed by atoms with Gasteiger partial charge in [0.1, 0.15) is 18.0 Å². The van der Waals surface area contributed by atoms with Gasteiger partial charge in [0.2, 0.25) is 0 Å². The molecule has 0 saturated heterocycles. The van der Waals surface area contributed by atoms with Gasteiger partial charge in [-0.3, -0.25) is 4.98 Å². The molecule has 0 aromatic carbocycles. The summed E-state index contributed by atoms with van der Waals surface area (Å²) < 4.78 is 18.5. The highest BCUT2D eigenvalue weighted by Gasteiger charge is 2.13. The monoisotopic (exact) mass is 244 g/mol. The molecule has 2 rings (SSSR count). The summed E-state index contributed by atoms with van der Waals surface area (Å²) in [7, 11) is 0. The van der Waals surface area contributed by atoms with Gasteiger partial charge in [-0.15, -0.1) is 0 Å². The number of nitriles is 1. The van der Waals surface area contributed by atoms with Crippen molar-refractivity contribution < 1.29 is 9.13 Å². The Hall–Kier alpha value is -2.15. The minimum atomic E-state index is -0.210. The second-order valence-corrected chi connectivity index (χ2v) is 4.09. The third-order valence-electron chi connectivity index (χ3n) is 2.72. The van der Waals surface area contributed by atoms with E-state index in [0.717, 1.165) is 11.5 Å². The van der Waals surface area contributed by atoms with Gasteiger partial charge in [0, 0.05) is 19.0 Å². The number of nitrogens with zero attached hydrogens (tertiary/aromatic N) is 2. The van der Waals surface area contributed by atoms with E-state index in [4.69, 9.17) is 10.00 Å². The van der Waals surface area contributed by atoms with Gasteiger partial charge in [-0.2, -0.15) is 5.26 Å². The largest absolute Gasteiger partial charge is 0.489 e. The molecule has 0 N–H and O–H groups in total. The molecule has 1 aliphatic carbocycles. The van der Waals surface area contributed by atoms with Gasteiger partial charge < -0.3 is 4.74 Å². The summed E-state index contributed by atoms with van der Waals surface area (Å²) >= 11 is 0. The van der Waals surface area contributed by atoms with E-state index in [9.17, 15) is 4.39 Å². The Morgan fingerprint density at radius 1 is 1.39 bits per heavy atom. The molecule has 1 aliphatic rings. The highest BCUT2D eigenvalue weighted by Crippen LogP contribution is 2.25. The first kappa shape index (κ1) is 12.3. The maximum absolute atomic E-state index is 12.8. The number of hydrogen-bond acceptors (Lipinski definition) is 3. The van der Waals surface area contributed by atoms with Crippen molar-refractivity contribution in [1.82, 2.24) is 4.98 Å². The number of hydrogen-bond donors (Lipinski definition) is 0. The zero-order valence-corrected chi connectivity index (χ0v) is 10.1. The van der Waals surface area contributed by atoms with Crippen LogP contribution in [0, 0.1) is 11.3 Å². The fourth-order valence-corrected chi connectivity index (χ4v) is 1.69. The van der Waals surface area contributed by atoms with Crippen LogP contribution in [0.4, 0.5) is 4.39 Å². The van der Waals surface area contributed by atoms with Gasteiger partial charge in [-0.05, 0) is 31.2 Å². The topological polar surface area (TPSA) is 45.9 Å². The van der Waals surface area contributed by atoms with Crippen LogP contribution in [0.5, 0.6) is 0 Å². The van der Waals surface area contributed by atoms with E-state index in [-0.39, 0.29) is 11.9 Å². The van der Waals surface area contributed by atoms with Crippen molar-refractivity contribution in [3.63, 3.8) is 0 Å². The zero-order valence-electron chi connectivity index (χ0n) is 10.1. The average Bonchev–Trinajstić information content (AvgIpc) is 2.41. The third kappa shape index (κ3) is 2.95. The van der Waals surface area contributed by atoms with E-state index in [0.29, 0.717) is 18.4 Å². The maximum Gasteiger partial charge on any atom is 0.137 e. The van der Waals surface area contributed by atoms with Crippen LogP contribution in [0.3, 0.4) is 0 Å². The van der Waals surface area contributed by atoms with Crippen LogP contribution in [0.15, 0.2) is 42.1 Å². The Kier molecular flexibility index (Phi) is 3.73. The van der Waals surface area contributed by atoms with Gasteiger partial charge >= 0.3 is 0 Å². The fourth-order valence-electron chi connectivity index (χ4n) is 1.69. The first-order valence-electron chi connectivity index (χ1n) is 5.77. The lowest BCUT2D eigenvalue weighted by molar-refractivity contribution is 0.120. The molecule has 1 heterocycles. The standard InChI is InChI=1S/C14H13FN2O/c1-10(14-7-2-11(8-16)9-17-14)18-13-5-3-12(15)4-6-13/h2-3,5,7,9-10H,4,6H2,1H3. The number of allylic oxidation sites excluding steroid dienone is 4. The number of rotatable bonds is 3. The molecule has 1 atom stereocenters. The van der Waals surface area contributed by atoms with E-state index >= 15 is 0 Å². The predicted octanol–water partition coefficient (Wildman–Crippen LogP) is 3.56. The molecular weight excluding hydrogens is 231 g/mol. The second-order valence-electron chi connectivity index (χ2n) is 4.09. The molecule has 4 heteroatoms. The molecule has 0 amide bonds. The number of pyridine rings is 1. The molecule has 1 aromatic heterocycles. The quantitative estimate of drug-likeness (QED) is 0.816. The van der Waals surface area contributed by atoms with Crippen molar-refractivity contribution in [3.8, 4) is 6.07 Å². The van der Waals surface area contributed by atoms with Crippen LogP contribution in [-0.2, 0) is 4.74 Å². The van der Waals surface area contributed by atoms with E-state index in [1.165, 1.54) is 12.3 Å². The summed E-state index contributed by atoms with van der Waals surface area (Å²) in [5.74, 6) is 0.640. The minimum Gasteiger partial charge on any atom is -0.489 e. The first-order chi connectivity index (χ1) is 8.69. The SMILES string of the molecule is CC(OC1=CC=C(F)CC1)c1ccc(C#N)cn1. The van der Waals surface area contributed by atoms with Crippen LogP contribution in [-0.4, -0.2) is 4.98 Å². The molecule has 0 bridgehead atoms. The van der Waals surface area contributed by atoms with Gasteiger partial charge in [0.15, 0.2) is 0 Å². The van der Waals surface area contributed by atoms with Crippen LogP contribution in [0.1, 0.15) is 37.1 Å². The Labute approximate surface area is 105 Å². The molecule has 0 fully saturated rings. The highest BCUT2D eigenvalue weighted by atomic mass is 19.1. The van der Waals surface area contributed by atoms with Gasteiger partial charge in [-0.25, -0.2) is 4.39 Å². The summed E-state index contributed by atoms with van der Waals surface area (Å²) in [4.78, 5) is 4.17. The lowest BCUT2D eigenvalue weighted by Crippen LogP contribution is -2.04. The summed E-state index contributed by atoms with van der Waals surface area (Å²) in [6.45, 7) is 1.88. The van der Waals surface area contributed by atoms with Crippen LogP contribution in [0.25, 0.3) is 0 Å². The van der Waals surface area contributed by atoms with E-state index in [2.05, 4.69) is 4.98 Å². The molecular formula is C14H13FN2O. The summed E-state index contributed by atoms with van der Waals surface area (Å²) in [5, 5.41) is 8.68. The smallest absolute Gasteiger partial charge is 0.137 e. The molecule has 1 aromatic rings. The molecule has 0 saturated carbocycles. The Morgan fingerprint density at radius 3 is 2.78 bits per heavy atom. The molecule has 18 heavy (non-hydrogen) atoms.